The molecule has 0 saturated carbocycles. The van der Waals surface area contributed by atoms with Gasteiger partial charge in [-0.2, -0.15) is 10.5 Å². The van der Waals surface area contributed by atoms with Gasteiger partial charge in [-0.1, -0.05) is 44.6 Å². The second kappa shape index (κ2) is 13.4. The van der Waals surface area contributed by atoms with E-state index in [-0.39, 0.29) is 18.1 Å². The summed E-state index contributed by atoms with van der Waals surface area (Å²) < 4.78 is 11.0. The minimum absolute atomic E-state index is 0.00925. The Kier molecular flexibility index (Phi) is 9.94. The summed E-state index contributed by atoms with van der Waals surface area (Å²) in [6.45, 7) is -0.183. The van der Waals surface area contributed by atoms with Gasteiger partial charge in [0.2, 0.25) is 0 Å². The van der Waals surface area contributed by atoms with Crippen LogP contribution in [0.3, 0.4) is 0 Å². The van der Waals surface area contributed by atoms with Gasteiger partial charge in [-0.15, -0.1) is 11.3 Å². The highest BCUT2D eigenvalue weighted by atomic mass is 32.1. The molecule has 0 atom stereocenters. The summed E-state index contributed by atoms with van der Waals surface area (Å²) in [6, 6.07) is 8.64. The molecule has 1 heterocycles. The number of hydrogen-bond acceptors (Lipinski definition) is 7. The van der Waals surface area contributed by atoms with Gasteiger partial charge >= 0.3 is 0 Å². The van der Waals surface area contributed by atoms with E-state index in [1.165, 1.54) is 63.0 Å². The van der Waals surface area contributed by atoms with Crippen LogP contribution in [0.2, 0.25) is 0 Å². The lowest BCUT2D eigenvalue weighted by Gasteiger charge is -2.11. The second-order valence-electron chi connectivity index (χ2n) is 8.25. The molecule has 0 spiro atoms. The number of carbonyl (C=O) groups excluding carboxylic acids is 1. The fraction of sp³-hybridized carbons (Fsp3) is 0.462. The maximum absolute atomic E-state index is 12.5. The molecule has 0 unspecified atom stereocenters. The summed E-state index contributed by atoms with van der Waals surface area (Å²) in [7, 11) is 1.49. The van der Waals surface area contributed by atoms with Crippen molar-refractivity contribution in [1.82, 2.24) is 4.98 Å². The third kappa shape index (κ3) is 7.60. The molecule has 8 heteroatoms. The molecular formula is C26H30N4O3S. The Bertz CT molecular complexity index is 1050. The smallest absolute Gasteiger partial charge is 0.264 e. The van der Waals surface area contributed by atoms with E-state index in [4.69, 9.17) is 25.0 Å². The fourth-order valence-electron chi connectivity index (χ4n) is 3.91. The van der Waals surface area contributed by atoms with Crippen LogP contribution in [0.25, 0.3) is 6.08 Å². The van der Waals surface area contributed by atoms with Crippen molar-refractivity contribution in [2.75, 3.05) is 19.0 Å². The van der Waals surface area contributed by atoms with Gasteiger partial charge < -0.3 is 9.47 Å². The molecule has 34 heavy (non-hydrogen) atoms. The van der Waals surface area contributed by atoms with E-state index in [0.29, 0.717) is 22.2 Å². The van der Waals surface area contributed by atoms with Gasteiger partial charge in [0, 0.05) is 4.88 Å². The highest BCUT2D eigenvalue weighted by Crippen LogP contribution is 2.30. The van der Waals surface area contributed by atoms with E-state index in [1.807, 2.05) is 12.1 Å². The van der Waals surface area contributed by atoms with E-state index in [0.717, 1.165) is 25.0 Å². The number of fused-ring (bicyclic) bond motifs is 1. The number of hydrogen-bond donors (Lipinski definition) is 1. The first-order valence-electron chi connectivity index (χ1n) is 11.7. The number of benzene rings is 1. The number of nitrogens with zero attached hydrogens (tertiary/aromatic N) is 3. The molecule has 0 aliphatic heterocycles. The molecule has 1 aliphatic carbocycles. The lowest BCUT2D eigenvalue weighted by atomic mass is 10.0. The number of ether oxygens (including phenoxy) is 2. The van der Waals surface area contributed by atoms with Crippen LogP contribution in [0, 0.1) is 22.7 Å². The summed E-state index contributed by atoms with van der Waals surface area (Å²) in [4.78, 5) is 18.5. The number of amides is 1. The molecule has 7 nitrogen and oxygen atoms in total. The zero-order chi connectivity index (χ0) is 24.2. The van der Waals surface area contributed by atoms with E-state index in [9.17, 15) is 4.79 Å². The Hall–Kier alpha value is -3.36. The fourth-order valence-corrected chi connectivity index (χ4v) is 4.98. The lowest BCUT2D eigenvalue weighted by molar-refractivity contribution is -0.118. The van der Waals surface area contributed by atoms with Crippen molar-refractivity contribution < 1.29 is 14.3 Å². The maximum atomic E-state index is 12.5. The van der Waals surface area contributed by atoms with Gasteiger partial charge in [0.25, 0.3) is 5.91 Å². The van der Waals surface area contributed by atoms with Crippen LogP contribution in [0.15, 0.2) is 23.8 Å². The average Bonchev–Trinajstić information content (AvgIpc) is 3.22. The summed E-state index contributed by atoms with van der Waals surface area (Å²) in [6.07, 6.45) is 13.5. The second-order valence-corrected chi connectivity index (χ2v) is 9.33. The predicted octanol–water partition coefficient (Wildman–Crippen LogP) is 5.82. The van der Waals surface area contributed by atoms with Gasteiger partial charge in [0.05, 0.1) is 12.8 Å². The third-order valence-corrected chi connectivity index (χ3v) is 6.76. The van der Waals surface area contributed by atoms with Crippen LogP contribution in [0.1, 0.15) is 67.5 Å². The third-order valence-electron chi connectivity index (χ3n) is 5.69. The standard InChI is InChI=1S/C26H30N4O3S/c1-32-23-15-19(14-20(16-27)17-28)12-13-22(23)33-18-25(31)30-26-29-21-10-8-6-4-2-3-5-7-9-11-24(21)34-26/h12-15H,2-11,18H2,1H3,(H,29,30,31). The molecule has 1 aromatic carbocycles. The molecular weight excluding hydrogens is 448 g/mol. The van der Waals surface area contributed by atoms with Gasteiger partial charge in [0.1, 0.15) is 17.7 Å². The highest BCUT2D eigenvalue weighted by Gasteiger charge is 2.15. The normalized spacial score (nSPS) is 14.2. The van der Waals surface area contributed by atoms with Gasteiger partial charge in [-0.3, -0.25) is 10.1 Å². The number of carbonyl (C=O) groups is 1. The van der Waals surface area contributed by atoms with Crippen LogP contribution in [-0.4, -0.2) is 24.6 Å². The topological polar surface area (TPSA) is 108 Å². The zero-order valence-corrected chi connectivity index (χ0v) is 20.4. The maximum Gasteiger partial charge on any atom is 0.264 e. The molecule has 0 saturated heterocycles. The number of allylic oxidation sites excluding steroid dienone is 1. The van der Waals surface area contributed by atoms with Crippen molar-refractivity contribution in [1.29, 1.82) is 10.5 Å². The first-order chi connectivity index (χ1) is 16.6. The first kappa shape index (κ1) is 25.3. The number of aromatic nitrogens is 1. The molecule has 0 fully saturated rings. The number of aryl methyl sites for hydroxylation is 2. The van der Waals surface area contributed by atoms with Crippen molar-refractivity contribution in [3.8, 4) is 23.6 Å². The van der Waals surface area contributed by atoms with E-state index >= 15 is 0 Å². The van der Waals surface area contributed by atoms with Crippen LogP contribution in [0.4, 0.5) is 5.13 Å². The van der Waals surface area contributed by atoms with Crippen molar-refractivity contribution in [2.24, 2.45) is 0 Å². The van der Waals surface area contributed by atoms with Crippen LogP contribution >= 0.6 is 11.3 Å². The first-order valence-corrected chi connectivity index (χ1v) is 12.6. The summed E-state index contributed by atoms with van der Waals surface area (Å²) >= 11 is 1.57. The van der Waals surface area contributed by atoms with Gasteiger partial charge in [0.15, 0.2) is 23.2 Å². The molecule has 1 amide bonds. The van der Waals surface area contributed by atoms with E-state index in [1.54, 1.807) is 29.5 Å². The Morgan fingerprint density at radius 2 is 1.74 bits per heavy atom. The predicted molar refractivity (Wildman–Crippen MR) is 133 cm³/mol. The number of methoxy groups -OCH3 is 1. The minimum atomic E-state index is -0.285. The highest BCUT2D eigenvalue weighted by molar-refractivity contribution is 7.15. The van der Waals surface area contributed by atoms with Crippen molar-refractivity contribution >= 4 is 28.5 Å². The zero-order valence-electron chi connectivity index (χ0n) is 19.6. The monoisotopic (exact) mass is 478 g/mol. The summed E-state index contributed by atoms with van der Waals surface area (Å²) in [5.74, 6) is 0.524. The number of rotatable bonds is 6. The SMILES string of the molecule is COc1cc(C=C(C#N)C#N)ccc1OCC(=O)Nc1nc2c(s1)CCCCCCCCCC2. The Labute approximate surface area is 205 Å². The van der Waals surface area contributed by atoms with Crippen LogP contribution in [0.5, 0.6) is 11.5 Å². The summed E-state index contributed by atoms with van der Waals surface area (Å²) in [5.41, 5.74) is 1.75. The Morgan fingerprint density at radius 3 is 2.41 bits per heavy atom. The van der Waals surface area contributed by atoms with Crippen molar-refractivity contribution in [2.45, 2.75) is 64.2 Å². The number of thiazole rings is 1. The van der Waals surface area contributed by atoms with E-state index < -0.39 is 0 Å². The van der Waals surface area contributed by atoms with E-state index in [2.05, 4.69) is 5.32 Å². The molecule has 0 radical (unpaired) electrons. The number of anilines is 1. The molecule has 0 bridgehead atoms. The number of nitrogens with one attached hydrogen (secondary N) is 1. The number of nitriles is 2. The molecule has 1 N–H and O–H groups in total. The van der Waals surface area contributed by atoms with Crippen LogP contribution in [-0.2, 0) is 17.6 Å². The molecule has 2 aromatic rings. The average molecular weight is 479 g/mol. The Balaban J connectivity index is 1.60. The summed E-state index contributed by atoms with van der Waals surface area (Å²) in [5, 5.41) is 21.3. The van der Waals surface area contributed by atoms with Gasteiger partial charge in [-0.05, 0) is 49.5 Å². The quantitative estimate of drug-likeness (QED) is 0.524. The van der Waals surface area contributed by atoms with Crippen molar-refractivity contribution in [3.63, 3.8) is 0 Å². The molecule has 3 rings (SSSR count). The van der Waals surface area contributed by atoms with Gasteiger partial charge in [-0.25, -0.2) is 4.98 Å². The van der Waals surface area contributed by atoms with Crippen LogP contribution < -0.4 is 14.8 Å². The molecule has 1 aliphatic rings. The lowest BCUT2D eigenvalue weighted by Crippen LogP contribution is -2.20. The minimum Gasteiger partial charge on any atom is -0.493 e. The van der Waals surface area contributed by atoms with Crippen molar-refractivity contribution in [3.05, 3.63) is 39.9 Å². The molecule has 1 aromatic heterocycles. The Morgan fingerprint density at radius 1 is 1.06 bits per heavy atom. The molecule has 178 valence electrons. The largest absolute Gasteiger partial charge is 0.493 e.